The topological polar surface area (TPSA) is 61.3 Å². The highest BCUT2D eigenvalue weighted by atomic mass is 19.4. The fourth-order valence-corrected chi connectivity index (χ4v) is 5.77. The second-order valence-corrected chi connectivity index (χ2v) is 10.6. The third-order valence-corrected chi connectivity index (χ3v) is 7.78. The Labute approximate surface area is 231 Å². The maximum atomic E-state index is 13.8. The molecule has 5 rings (SSSR count). The predicted octanol–water partition coefficient (Wildman–Crippen LogP) is 5.74. The molecule has 1 aliphatic heterocycles. The number of H-pyrrole nitrogens is 1. The molecule has 1 fully saturated rings. The Morgan fingerprint density at radius 1 is 1.02 bits per heavy atom. The zero-order valence-corrected chi connectivity index (χ0v) is 22.6. The van der Waals surface area contributed by atoms with Crippen molar-refractivity contribution in [2.45, 2.75) is 44.4 Å². The van der Waals surface area contributed by atoms with Crippen molar-refractivity contribution in [3.05, 3.63) is 106 Å². The molecule has 1 atom stereocenters. The first-order valence-electron chi connectivity index (χ1n) is 13.5. The molecule has 0 radical (unpaired) electrons. The summed E-state index contributed by atoms with van der Waals surface area (Å²) < 4.78 is 41.7. The molecular weight excluding hydrogens is 517 g/mol. The fourth-order valence-electron chi connectivity index (χ4n) is 5.77. The van der Waals surface area contributed by atoms with Crippen LogP contribution in [0.3, 0.4) is 0 Å². The van der Waals surface area contributed by atoms with Gasteiger partial charge in [-0.05, 0) is 61.6 Å². The van der Waals surface area contributed by atoms with E-state index in [1.807, 2.05) is 59.2 Å². The van der Waals surface area contributed by atoms with Crippen LogP contribution in [-0.4, -0.2) is 51.9 Å². The standard InChI is InChI=1S/C31H33F3N4O2/c1-21-18-22(20-24(19-21)31(32,33)34)12-15-36(2)29(39)28(23-8-4-3-5-9-23)37-16-13-25(14-17-37)38-27-11-7-6-10-26(27)35-30(38)40/h3-11,18-20,25,28H,12-17H2,1-2H3,(H,35,40). The molecule has 4 aromatic rings. The first-order chi connectivity index (χ1) is 19.1. The van der Waals surface area contributed by atoms with Crippen LogP contribution in [0.1, 0.15) is 47.2 Å². The molecule has 0 bridgehead atoms. The van der Waals surface area contributed by atoms with E-state index >= 15 is 0 Å². The van der Waals surface area contributed by atoms with Gasteiger partial charge in [-0.2, -0.15) is 13.2 Å². The Kier molecular flexibility index (Phi) is 7.85. The number of likely N-dealkylation sites (tertiary alicyclic amines) is 1. The number of rotatable bonds is 7. The fraction of sp³-hybridized carbons (Fsp3) is 0.355. The molecule has 0 spiro atoms. The molecule has 3 aromatic carbocycles. The number of alkyl halides is 3. The van der Waals surface area contributed by atoms with E-state index < -0.39 is 17.8 Å². The Bertz CT molecular complexity index is 1540. The Hall–Kier alpha value is -3.85. The summed E-state index contributed by atoms with van der Waals surface area (Å²) in [7, 11) is 1.71. The van der Waals surface area contributed by atoms with E-state index in [-0.39, 0.29) is 17.6 Å². The predicted molar refractivity (Wildman–Crippen MR) is 149 cm³/mol. The number of halogens is 3. The molecule has 40 heavy (non-hydrogen) atoms. The average molecular weight is 551 g/mol. The molecular formula is C31H33F3N4O2. The minimum Gasteiger partial charge on any atom is -0.344 e. The van der Waals surface area contributed by atoms with E-state index in [0.29, 0.717) is 50.0 Å². The summed E-state index contributed by atoms with van der Waals surface area (Å²) in [6.45, 7) is 3.20. The summed E-state index contributed by atoms with van der Waals surface area (Å²) >= 11 is 0. The molecule has 0 saturated carbocycles. The molecule has 1 saturated heterocycles. The SMILES string of the molecule is Cc1cc(CCN(C)C(=O)C(c2ccccc2)N2CCC(n3c(=O)[nH]c4ccccc43)CC2)cc(C(F)(F)F)c1. The monoisotopic (exact) mass is 550 g/mol. The molecule has 1 aromatic heterocycles. The molecule has 1 unspecified atom stereocenters. The van der Waals surface area contributed by atoms with Gasteiger partial charge in [-0.25, -0.2) is 4.79 Å². The van der Waals surface area contributed by atoms with Crippen LogP contribution in [0.5, 0.6) is 0 Å². The summed E-state index contributed by atoms with van der Waals surface area (Å²) in [6.07, 6.45) is -2.66. The molecule has 1 N–H and O–H groups in total. The number of likely N-dealkylation sites (N-methyl/N-ethyl adjacent to an activating group) is 1. The van der Waals surface area contributed by atoms with Crippen LogP contribution in [-0.2, 0) is 17.4 Å². The van der Waals surface area contributed by atoms with Crippen LogP contribution in [0.15, 0.2) is 77.6 Å². The van der Waals surface area contributed by atoms with E-state index in [9.17, 15) is 22.8 Å². The molecule has 210 valence electrons. The Morgan fingerprint density at radius 3 is 2.40 bits per heavy atom. The lowest BCUT2D eigenvalue weighted by Crippen LogP contribution is -2.46. The number of carbonyl (C=O) groups is 1. The lowest BCUT2D eigenvalue weighted by molar-refractivity contribution is -0.138. The zero-order valence-electron chi connectivity index (χ0n) is 22.6. The lowest BCUT2D eigenvalue weighted by atomic mass is 9.97. The van der Waals surface area contributed by atoms with Crippen molar-refractivity contribution in [1.29, 1.82) is 0 Å². The number of imidazole rings is 1. The summed E-state index contributed by atoms with van der Waals surface area (Å²) in [4.78, 5) is 33.3. The number of nitrogens with one attached hydrogen (secondary N) is 1. The number of hydrogen-bond acceptors (Lipinski definition) is 3. The van der Waals surface area contributed by atoms with Gasteiger partial charge in [0, 0.05) is 32.7 Å². The first kappa shape index (κ1) is 27.7. The van der Waals surface area contributed by atoms with Crippen molar-refractivity contribution in [3.8, 4) is 0 Å². The van der Waals surface area contributed by atoms with Gasteiger partial charge in [-0.15, -0.1) is 0 Å². The van der Waals surface area contributed by atoms with Gasteiger partial charge in [-0.1, -0.05) is 54.1 Å². The summed E-state index contributed by atoms with van der Waals surface area (Å²) in [6, 6.07) is 20.8. The van der Waals surface area contributed by atoms with Gasteiger partial charge >= 0.3 is 11.9 Å². The van der Waals surface area contributed by atoms with E-state index in [4.69, 9.17) is 0 Å². The van der Waals surface area contributed by atoms with Crippen molar-refractivity contribution < 1.29 is 18.0 Å². The van der Waals surface area contributed by atoms with Gasteiger partial charge in [0.25, 0.3) is 0 Å². The largest absolute Gasteiger partial charge is 0.416 e. The number of fused-ring (bicyclic) bond motifs is 1. The van der Waals surface area contributed by atoms with E-state index in [1.165, 1.54) is 0 Å². The number of carbonyl (C=O) groups excluding carboxylic acids is 1. The third-order valence-electron chi connectivity index (χ3n) is 7.78. The third kappa shape index (κ3) is 5.84. The molecule has 1 amide bonds. The van der Waals surface area contributed by atoms with Gasteiger partial charge in [0.05, 0.1) is 16.6 Å². The number of hydrogen-bond donors (Lipinski definition) is 1. The van der Waals surface area contributed by atoms with Crippen molar-refractivity contribution in [1.82, 2.24) is 19.4 Å². The molecule has 1 aliphatic rings. The number of aryl methyl sites for hydroxylation is 1. The van der Waals surface area contributed by atoms with Crippen LogP contribution >= 0.6 is 0 Å². The highest BCUT2D eigenvalue weighted by molar-refractivity contribution is 5.83. The van der Waals surface area contributed by atoms with Crippen LogP contribution in [0.2, 0.25) is 0 Å². The number of para-hydroxylation sites is 2. The molecule has 9 heteroatoms. The van der Waals surface area contributed by atoms with Crippen molar-refractivity contribution in [2.24, 2.45) is 0 Å². The number of aromatic amines is 1. The normalized spacial score (nSPS) is 15.8. The summed E-state index contributed by atoms with van der Waals surface area (Å²) in [5, 5.41) is 0. The number of nitrogens with zero attached hydrogens (tertiary/aromatic N) is 3. The van der Waals surface area contributed by atoms with Gasteiger partial charge in [0.15, 0.2) is 0 Å². The molecule has 0 aliphatic carbocycles. The first-order valence-corrected chi connectivity index (χ1v) is 13.5. The number of amides is 1. The summed E-state index contributed by atoms with van der Waals surface area (Å²) in [5.41, 5.74) is 2.86. The number of benzene rings is 3. The van der Waals surface area contributed by atoms with Gasteiger partial charge in [0.1, 0.15) is 6.04 Å². The minimum absolute atomic E-state index is 0.0216. The van der Waals surface area contributed by atoms with E-state index in [0.717, 1.165) is 28.7 Å². The average Bonchev–Trinajstić information content (AvgIpc) is 3.27. The van der Waals surface area contributed by atoms with Crippen molar-refractivity contribution in [3.63, 3.8) is 0 Å². The Balaban J connectivity index is 1.31. The highest BCUT2D eigenvalue weighted by Crippen LogP contribution is 2.32. The molecule has 6 nitrogen and oxygen atoms in total. The van der Waals surface area contributed by atoms with Crippen molar-refractivity contribution in [2.75, 3.05) is 26.7 Å². The van der Waals surface area contributed by atoms with E-state index in [2.05, 4.69) is 9.88 Å². The van der Waals surface area contributed by atoms with Crippen LogP contribution in [0.25, 0.3) is 11.0 Å². The highest BCUT2D eigenvalue weighted by Gasteiger charge is 2.34. The van der Waals surface area contributed by atoms with Gasteiger partial charge < -0.3 is 9.88 Å². The van der Waals surface area contributed by atoms with Gasteiger partial charge in [-0.3, -0.25) is 14.3 Å². The van der Waals surface area contributed by atoms with Crippen molar-refractivity contribution >= 4 is 16.9 Å². The molecule has 2 heterocycles. The van der Waals surface area contributed by atoms with Crippen LogP contribution in [0, 0.1) is 6.92 Å². The van der Waals surface area contributed by atoms with Crippen LogP contribution in [0.4, 0.5) is 13.2 Å². The zero-order chi connectivity index (χ0) is 28.4. The quantitative estimate of drug-likeness (QED) is 0.320. The number of aromatic nitrogens is 2. The number of piperidine rings is 1. The van der Waals surface area contributed by atoms with E-state index in [1.54, 1.807) is 24.9 Å². The second-order valence-electron chi connectivity index (χ2n) is 10.6. The minimum atomic E-state index is -4.41. The maximum absolute atomic E-state index is 13.8. The smallest absolute Gasteiger partial charge is 0.344 e. The second kappa shape index (κ2) is 11.3. The maximum Gasteiger partial charge on any atom is 0.416 e. The van der Waals surface area contributed by atoms with Gasteiger partial charge in [0.2, 0.25) is 5.91 Å². The summed E-state index contributed by atoms with van der Waals surface area (Å²) in [5.74, 6) is -0.0994. The van der Waals surface area contributed by atoms with Crippen LogP contribution < -0.4 is 5.69 Å². The Morgan fingerprint density at radius 2 is 1.70 bits per heavy atom. The lowest BCUT2D eigenvalue weighted by Gasteiger charge is -2.38.